The molecule has 1 amide bonds. The number of oxazole rings is 1. The largest absolute Gasteiger partial charge is 0.443 e. The third-order valence-electron chi connectivity index (χ3n) is 5.64. The summed E-state index contributed by atoms with van der Waals surface area (Å²) in [5.41, 5.74) is 2.65. The smallest absolute Gasteiger partial charge is 0.272 e. The fourth-order valence-electron chi connectivity index (χ4n) is 4.01. The van der Waals surface area contributed by atoms with Crippen LogP contribution in [-0.2, 0) is 6.42 Å². The number of rotatable bonds is 5. The van der Waals surface area contributed by atoms with Gasteiger partial charge in [0.1, 0.15) is 23.3 Å². The van der Waals surface area contributed by atoms with Crippen LogP contribution in [0, 0.1) is 5.82 Å². The molecule has 0 spiro atoms. The molecule has 1 aliphatic rings. The van der Waals surface area contributed by atoms with Crippen LogP contribution in [0.3, 0.4) is 0 Å². The SMILES string of the molecule is O=C(c1cc(-c2ccc(F)cc2)n[nH]1)N1CCCC1c1ncc(Cc2ccccc2Cl)o1. The van der Waals surface area contributed by atoms with Gasteiger partial charge < -0.3 is 9.32 Å². The van der Waals surface area contributed by atoms with E-state index in [0.29, 0.717) is 41.0 Å². The summed E-state index contributed by atoms with van der Waals surface area (Å²) < 4.78 is 19.2. The van der Waals surface area contributed by atoms with E-state index in [4.69, 9.17) is 16.0 Å². The number of halogens is 2. The number of aromatic nitrogens is 3. The highest BCUT2D eigenvalue weighted by atomic mass is 35.5. The Morgan fingerprint density at radius 2 is 2.03 bits per heavy atom. The van der Waals surface area contributed by atoms with Crippen LogP contribution >= 0.6 is 11.6 Å². The number of benzene rings is 2. The lowest BCUT2D eigenvalue weighted by Crippen LogP contribution is -2.31. The van der Waals surface area contributed by atoms with Gasteiger partial charge in [-0.3, -0.25) is 9.89 Å². The van der Waals surface area contributed by atoms with E-state index in [-0.39, 0.29) is 17.8 Å². The van der Waals surface area contributed by atoms with Crippen LogP contribution in [0.15, 0.2) is 65.2 Å². The third-order valence-corrected chi connectivity index (χ3v) is 6.01. The molecule has 1 aliphatic heterocycles. The molecule has 162 valence electrons. The summed E-state index contributed by atoms with van der Waals surface area (Å²) in [5.74, 6) is 0.739. The average Bonchev–Trinajstić information content (AvgIpc) is 3.56. The Kier molecular flexibility index (Phi) is 5.49. The van der Waals surface area contributed by atoms with Crippen molar-refractivity contribution in [1.29, 1.82) is 0 Å². The summed E-state index contributed by atoms with van der Waals surface area (Å²) in [6.07, 6.45) is 3.87. The van der Waals surface area contributed by atoms with Gasteiger partial charge in [0.05, 0.1) is 11.9 Å². The predicted molar refractivity (Wildman–Crippen MR) is 118 cm³/mol. The minimum absolute atomic E-state index is 0.167. The maximum absolute atomic E-state index is 13.2. The van der Waals surface area contributed by atoms with Crippen molar-refractivity contribution in [3.63, 3.8) is 0 Å². The van der Waals surface area contributed by atoms with Crippen LogP contribution in [0.4, 0.5) is 4.39 Å². The van der Waals surface area contributed by atoms with E-state index in [0.717, 1.165) is 24.0 Å². The first-order valence-electron chi connectivity index (χ1n) is 10.4. The van der Waals surface area contributed by atoms with Gasteiger partial charge in [0, 0.05) is 23.6 Å². The van der Waals surface area contributed by atoms with E-state index in [1.807, 2.05) is 24.3 Å². The highest BCUT2D eigenvalue weighted by molar-refractivity contribution is 6.31. The number of nitrogens with zero attached hydrogens (tertiary/aromatic N) is 3. The van der Waals surface area contributed by atoms with Gasteiger partial charge in [-0.25, -0.2) is 9.37 Å². The minimum Gasteiger partial charge on any atom is -0.443 e. The number of amides is 1. The minimum atomic E-state index is -0.319. The zero-order valence-corrected chi connectivity index (χ0v) is 17.8. The van der Waals surface area contributed by atoms with Crippen molar-refractivity contribution in [3.05, 3.63) is 94.5 Å². The second kappa shape index (κ2) is 8.59. The molecular weight excluding hydrogens is 431 g/mol. The number of hydrogen-bond acceptors (Lipinski definition) is 4. The Balaban J connectivity index is 1.33. The van der Waals surface area contributed by atoms with Crippen molar-refractivity contribution in [2.45, 2.75) is 25.3 Å². The van der Waals surface area contributed by atoms with E-state index in [1.54, 1.807) is 29.3 Å². The highest BCUT2D eigenvalue weighted by Gasteiger charge is 2.34. The van der Waals surface area contributed by atoms with Crippen LogP contribution < -0.4 is 0 Å². The predicted octanol–water partition coefficient (Wildman–Crippen LogP) is 5.43. The Morgan fingerprint density at radius 3 is 2.84 bits per heavy atom. The molecule has 1 N–H and O–H groups in total. The molecule has 32 heavy (non-hydrogen) atoms. The number of aromatic amines is 1. The molecule has 2 aromatic heterocycles. The molecule has 0 bridgehead atoms. The summed E-state index contributed by atoms with van der Waals surface area (Å²) in [6.45, 7) is 0.608. The van der Waals surface area contributed by atoms with Crippen molar-refractivity contribution in [1.82, 2.24) is 20.1 Å². The van der Waals surface area contributed by atoms with E-state index in [9.17, 15) is 9.18 Å². The van der Waals surface area contributed by atoms with Gasteiger partial charge in [-0.05, 0) is 54.8 Å². The highest BCUT2D eigenvalue weighted by Crippen LogP contribution is 2.33. The van der Waals surface area contributed by atoms with Gasteiger partial charge >= 0.3 is 0 Å². The molecule has 0 aliphatic carbocycles. The third kappa shape index (κ3) is 4.03. The molecule has 4 aromatic rings. The molecule has 1 fully saturated rings. The molecule has 0 radical (unpaired) electrons. The number of hydrogen-bond donors (Lipinski definition) is 1. The first-order chi connectivity index (χ1) is 15.6. The number of nitrogens with one attached hydrogen (secondary N) is 1. The molecular formula is C24H20ClFN4O2. The van der Waals surface area contributed by atoms with E-state index < -0.39 is 0 Å². The van der Waals surface area contributed by atoms with Crippen molar-refractivity contribution in [3.8, 4) is 11.3 Å². The summed E-state index contributed by atoms with van der Waals surface area (Å²) >= 11 is 6.25. The fourth-order valence-corrected chi connectivity index (χ4v) is 4.21. The molecule has 6 nitrogen and oxygen atoms in total. The van der Waals surface area contributed by atoms with Crippen LogP contribution in [0.2, 0.25) is 5.02 Å². The summed E-state index contributed by atoms with van der Waals surface area (Å²) in [5, 5.41) is 7.71. The maximum Gasteiger partial charge on any atom is 0.272 e. The van der Waals surface area contributed by atoms with Gasteiger partial charge in [-0.15, -0.1) is 0 Å². The Labute approximate surface area is 189 Å². The maximum atomic E-state index is 13.2. The lowest BCUT2D eigenvalue weighted by atomic mass is 10.1. The van der Waals surface area contributed by atoms with Crippen molar-refractivity contribution < 1.29 is 13.6 Å². The molecule has 1 unspecified atom stereocenters. The lowest BCUT2D eigenvalue weighted by molar-refractivity contribution is 0.0708. The fraction of sp³-hybridized carbons (Fsp3) is 0.208. The zero-order valence-electron chi connectivity index (χ0n) is 17.1. The Bertz CT molecular complexity index is 1250. The molecule has 1 saturated heterocycles. The number of H-pyrrole nitrogens is 1. The van der Waals surface area contributed by atoms with E-state index in [2.05, 4.69) is 15.2 Å². The van der Waals surface area contributed by atoms with Crippen molar-refractivity contribution >= 4 is 17.5 Å². The summed E-state index contributed by atoms with van der Waals surface area (Å²) in [6, 6.07) is 15.1. The van der Waals surface area contributed by atoms with Gasteiger partial charge in [0.2, 0.25) is 5.89 Å². The van der Waals surface area contributed by atoms with Crippen LogP contribution in [0.25, 0.3) is 11.3 Å². The topological polar surface area (TPSA) is 75.0 Å². The number of likely N-dealkylation sites (tertiary alicyclic amines) is 1. The quantitative estimate of drug-likeness (QED) is 0.440. The second-order valence-corrected chi connectivity index (χ2v) is 8.17. The van der Waals surface area contributed by atoms with Gasteiger partial charge in [0.25, 0.3) is 5.91 Å². The number of carbonyl (C=O) groups is 1. The Hall–Kier alpha value is -3.45. The molecule has 1 atom stereocenters. The second-order valence-electron chi connectivity index (χ2n) is 7.76. The summed E-state index contributed by atoms with van der Waals surface area (Å²) in [4.78, 5) is 19.4. The average molecular weight is 451 g/mol. The number of carbonyl (C=O) groups excluding carboxylic acids is 1. The first kappa shape index (κ1) is 20.5. The molecule has 3 heterocycles. The summed E-state index contributed by atoms with van der Waals surface area (Å²) in [7, 11) is 0. The zero-order chi connectivity index (χ0) is 22.1. The van der Waals surface area contributed by atoms with E-state index in [1.165, 1.54) is 12.1 Å². The van der Waals surface area contributed by atoms with Gasteiger partial charge in [-0.2, -0.15) is 5.10 Å². The standard InChI is InChI=1S/C24H20ClFN4O2/c25-19-5-2-1-4-16(19)12-18-14-27-23(32-18)22-6-3-11-30(22)24(31)21-13-20(28-29-21)15-7-9-17(26)10-8-15/h1-2,4-5,7-10,13-14,22H,3,6,11-12H2,(H,28,29). The van der Waals surface area contributed by atoms with Crippen LogP contribution in [0.5, 0.6) is 0 Å². The normalized spacial score (nSPS) is 15.9. The van der Waals surface area contributed by atoms with Crippen molar-refractivity contribution in [2.75, 3.05) is 6.54 Å². The van der Waals surface area contributed by atoms with Gasteiger partial charge in [0.15, 0.2) is 0 Å². The Morgan fingerprint density at radius 1 is 1.22 bits per heavy atom. The van der Waals surface area contributed by atoms with Crippen molar-refractivity contribution in [2.24, 2.45) is 0 Å². The molecule has 5 rings (SSSR count). The van der Waals surface area contributed by atoms with Gasteiger partial charge in [-0.1, -0.05) is 29.8 Å². The molecule has 8 heteroatoms. The lowest BCUT2D eigenvalue weighted by Gasteiger charge is -2.21. The molecule has 2 aromatic carbocycles. The van der Waals surface area contributed by atoms with Crippen LogP contribution in [0.1, 0.15) is 46.6 Å². The monoisotopic (exact) mass is 450 g/mol. The first-order valence-corrected chi connectivity index (χ1v) is 10.8. The van der Waals surface area contributed by atoms with E-state index >= 15 is 0 Å². The molecule has 0 saturated carbocycles. The van der Waals surface area contributed by atoms with Crippen LogP contribution in [-0.4, -0.2) is 32.5 Å².